The molecule has 7 nitrogen and oxygen atoms in total. The normalized spacial score (nSPS) is 15.2. The van der Waals surface area contributed by atoms with Crippen molar-refractivity contribution in [3.05, 3.63) is 104 Å². The molecule has 218 valence electrons. The summed E-state index contributed by atoms with van der Waals surface area (Å²) in [5.74, 6) is 1.59. The van der Waals surface area contributed by atoms with E-state index in [1.54, 1.807) is 17.8 Å². The van der Waals surface area contributed by atoms with Gasteiger partial charge < -0.3 is 9.80 Å². The van der Waals surface area contributed by atoms with Gasteiger partial charge in [0.05, 0.1) is 15.7 Å². The number of aromatic nitrogens is 3. The Bertz CT molecular complexity index is 1570. The number of benzene rings is 3. The summed E-state index contributed by atoms with van der Waals surface area (Å²) < 4.78 is 2.88. The molecule has 0 N–H and O–H groups in total. The lowest BCUT2D eigenvalue weighted by Crippen LogP contribution is -2.55. The van der Waals surface area contributed by atoms with Gasteiger partial charge in [-0.2, -0.15) is 0 Å². The summed E-state index contributed by atoms with van der Waals surface area (Å²) in [6, 6.07) is 23.0. The van der Waals surface area contributed by atoms with E-state index in [4.69, 9.17) is 23.2 Å². The average molecular weight is 687 g/mol. The summed E-state index contributed by atoms with van der Waals surface area (Å²) in [7, 11) is 0. The van der Waals surface area contributed by atoms with Gasteiger partial charge in [-0.25, -0.2) is 0 Å². The zero-order chi connectivity index (χ0) is 29.6. The second-order valence-electron chi connectivity index (χ2n) is 10.1. The van der Waals surface area contributed by atoms with Crippen LogP contribution in [0.15, 0.2) is 82.4 Å². The molecule has 11 heteroatoms. The van der Waals surface area contributed by atoms with Gasteiger partial charge in [0.1, 0.15) is 5.82 Å². The lowest BCUT2D eigenvalue weighted by atomic mass is 10.1. The van der Waals surface area contributed by atoms with E-state index in [9.17, 15) is 9.59 Å². The Morgan fingerprint density at radius 2 is 1.79 bits per heavy atom. The van der Waals surface area contributed by atoms with Gasteiger partial charge in [-0.15, -0.1) is 10.2 Å². The summed E-state index contributed by atoms with van der Waals surface area (Å²) in [6.45, 7) is 3.57. The molecule has 0 radical (unpaired) electrons. The van der Waals surface area contributed by atoms with E-state index < -0.39 is 0 Å². The van der Waals surface area contributed by atoms with Crippen molar-refractivity contribution in [3.8, 4) is 5.69 Å². The molecule has 2 heterocycles. The highest BCUT2D eigenvalue weighted by molar-refractivity contribution is 9.10. The van der Waals surface area contributed by atoms with E-state index in [1.165, 1.54) is 0 Å². The number of carbonyl (C=O) groups is 2. The van der Waals surface area contributed by atoms with E-state index in [1.807, 2.05) is 75.9 Å². The highest BCUT2D eigenvalue weighted by Crippen LogP contribution is 2.29. The summed E-state index contributed by atoms with van der Waals surface area (Å²) in [4.78, 5) is 29.8. The predicted molar refractivity (Wildman–Crippen MR) is 172 cm³/mol. The Balaban J connectivity index is 1.18. The first-order valence-electron chi connectivity index (χ1n) is 13.7. The van der Waals surface area contributed by atoms with Crippen molar-refractivity contribution in [1.82, 2.24) is 24.6 Å². The standard InChI is InChI=1S/C31H30BrCl2N5O2S/c1-21-20-37(14-15-38(21)30(41)23-9-5-10-24(32)18-23)29(40)11-6-16-42-31-36-35-28(17-22-7-3-2-4-8-22)39(31)25-12-13-26(33)27(34)19-25/h2-5,7-10,12-13,18-19,21H,6,11,14-17,20H2,1H3. The van der Waals surface area contributed by atoms with E-state index in [2.05, 4.69) is 38.3 Å². The van der Waals surface area contributed by atoms with E-state index >= 15 is 0 Å². The van der Waals surface area contributed by atoms with Gasteiger partial charge in [-0.1, -0.05) is 87.3 Å². The quantitative estimate of drug-likeness (QED) is 0.138. The molecule has 4 aromatic rings. The maximum atomic E-state index is 13.1. The number of halogens is 3. The average Bonchev–Trinajstić information content (AvgIpc) is 3.38. The number of rotatable bonds is 9. The Morgan fingerprint density at radius 3 is 2.52 bits per heavy atom. The van der Waals surface area contributed by atoms with E-state index in [0.29, 0.717) is 60.3 Å². The van der Waals surface area contributed by atoms with Crippen LogP contribution in [-0.4, -0.2) is 67.8 Å². The topological polar surface area (TPSA) is 71.3 Å². The Morgan fingerprint density at radius 1 is 0.976 bits per heavy atom. The third-order valence-electron chi connectivity index (χ3n) is 7.15. The van der Waals surface area contributed by atoms with Gasteiger partial charge in [0.15, 0.2) is 5.16 Å². The van der Waals surface area contributed by atoms with Gasteiger partial charge in [-0.3, -0.25) is 14.2 Å². The minimum Gasteiger partial charge on any atom is -0.339 e. The largest absolute Gasteiger partial charge is 0.339 e. The number of amides is 2. The molecule has 2 amide bonds. The Hall–Kier alpha value is -2.85. The zero-order valence-corrected chi connectivity index (χ0v) is 27.0. The molecule has 0 bridgehead atoms. The fourth-order valence-corrected chi connectivity index (χ4v) is 6.59. The number of piperazine rings is 1. The van der Waals surface area contributed by atoms with E-state index in [-0.39, 0.29) is 17.9 Å². The van der Waals surface area contributed by atoms with Crippen LogP contribution in [0.25, 0.3) is 5.69 Å². The van der Waals surface area contributed by atoms with Crippen molar-refractivity contribution in [1.29, 1.82) is 0 Å². The fourth-order valence-electron chi connectivity index (χ4n) is 4.99. The van der Waals surface area contributed by atoms with Crippen molar-refractivity contribution < 1.29 is 9.59 Å². The number of hydrogen-bond acceptors (Lipinski definition) is 5. The van der Waals surface area contributed by atoms with Crippen LogP contribution in [-0.2, 0) is 11.2 Å². The highest BCUT2D eigenvalue weighted by atomic mass is 79.9. The second-order valence-corrected chi connectivity index (χ2v) is 12.9. The molecule has 1 saturated heterocycles. The number of nitrogens with zero attached hydrogens (tertiary/aromatic N) is 5. The maximum absolute atomic E-state index is 13.1. The fraction of sp³-hybridized carbons (Fsp3) is 0.290. The molecular weight excluding hydrogens is 657 g/mol. The number of carbonyl (C=O) groups excluding carboxylic acids is 2. The minimum atomic E-state index is -0.0589. The molecule has 1 aliphatic heterocycles. The van der Waals surface area contributed by atoms with Gasteiger partial charge in [-0.05, 0) is 55.3 Å². The SMILES string of the molecule is CC1CN(C(=O)CCCSc2nnc(Cc3ccccc3)n2-c2ccc(Cl)c(Cl)c2)CCN1C(=O)c1cccc(Br)c1. The van der Waals surface area contributed by atoms with Crippen molar-refractivity contribution in [2.24, 2.45) is 0 Å². The van der Waals surface area contributed by atoms with Crippen LogP contribution in [0.5, 0.6) is 0 Å². The van der Waals surface area contributed by atoms with Crippen molar-refractivity contribution in [2.45, 2.75) is 37.4 Å². The van der Waals surface area contributed by atoms with Crippen molar-refractivity contribution >= 4 is 62.7 Å². The predicted octanol–water partition coefficient (Wildman–Crippen LogP) is 7.17. The molecule has 5 rings (SSSR count). The molecular formula is C31H30BrCl2N5O2S. The Labute approximate surface area is 268 Å². The smallest absolute Gasteiger partial charge is 0.254 e. The second kappa shape index (κ2) is 14.1. The van der Waals surface area contributed by atoms with Crippen LogP contribution in [0.1, 0.15) is 41.5 Å². The lowest BCUT2D eigenvalue weighted by molar-refractivity contribution is -0.133. The molecule has 1 fully saturated rings. The van der Waals surface area contributed by atoms with Crippen LogP contribution in [0.3, 0.4) is 0 Å². The molecule has 0 aliphatic carbocycles. The van der Waals surface area contributed by atoms with Crippen LogP contribution in [0.2, 0.25) is 10.0 Å². The maximum Gasteiger partial charge on any atom is 0.254 e. The molecule has 0 spiro atoms. The molecule has 42 heavy (non-hydrogen) atoms. The van der Waals surface area contributed by atoms with Crippen LogP contribution in [0, 0.1) is 0 Å². The first kappa shape index (κ1) is 30.6. The molecule has 1 atom stereocenters. The number of thioether (sulfide) groups is 1. The zero-order valence-electron chi connectivity index (χ0n) is 23.1. The van der Waals surface area contributed by atoms with Crippen LogP contribution >= 0.6 is 50.9 Å². The van der Waals surface area contributed by atoms with E-state index in [0.717, 1.165) is 26.7 Å². The van der Waals surface area contributed by atoms with Gasteiger partial charge in [0.25, 0.3) is 5.91 Å². The molecule has 1 aliphatic rings. The molecule has 1 aromatic heterocycles. The third kappa shape index (κ3) is 7.37. The van der Waals surface area contributed by atoms with Crippen LogP contribution < -0.4 is 0 Å². The first-order valence-corrected chi connectivity index (χ1v) is 16.2. The monoisotopic (exact) mass is 685 g/mol. The molecule has 3 aromatic carbocycles. The van der Waals surface area contributed by atoms with Gasteiger partial charge in [0.2, 0.25) is 5.91 Å². The summed E-state index contributed by atoms with van der Waals surface area (Å²) in [6.07, 6.45) is 1.73. The molecule has 1 unspecified atom stereocenters. The van der Waals surface area contributed by atoms with Gasteiger partial charge >= 0.3 is 0 Å². The summed E-state index contributed by atoms with van der Waals surface area (Å²) in [5, 5.41) is 10.6. The first-order chi connectivity index (χ1) is 20.3. The minimum absolute atomic E-state index is 0.00924. The Kier molecular flexibility index (Phi) is 10.3. The third-order valence-corrected chi connectivity index (χ3v) is 9.39. The molecule has 0 saturated carbocycles. The number of hydrogen-bond donors (Lipinski definition) is 0. The summed E-state index contributed by atoms with van der Waals surface area (Å²) in [5.41, 5.74) is 2.61. The highest BCUT2D eigenvalue weighted by Gasteiger charge is 2.30. The summed E-state index contributed by atoms with van der Waals surface area (Å²) >= 11 is 17.5. The van der Waals surface area contributed by atoms with Crippen molar-refractivity contribution in [3.63, 3.8) is 0 Å². The lowest BCUT2D eigenvalue weighted by Gasteiger charge is -2.40. The van der Waals surface area contributed by atoms with Crippen molar-refractivity contribution in [2.75, 3.05) is 25.4 Å². The van der Waals surface area contributed by atoms with Crippen LogP contribution in [0.4, 0.5) is 0 Å². The van der Waals surface area contributed by atoms with Gasteiger partial charge in [0, 0.05) is 54.3 Å².